The summed E-state index contributed by atoms with van der Waals surface area (Å²) in [5.41, 5.74) is 4.37. The normalized spacial score (nSPS) is 16.2. The number of nitrogens with one attached hydrogen (secondary N) is 1. The monoisotopic (exact) mass is 388 g/mol. The zero-order valence-corrected chi connectivity index (χ0v) is 16.3. The Morgan fingerprint density at radius 1 is 1.00 bits per heavy atom. The van der Waals surface area contributed by atoms with E-state index in [0.717, 1.165) is 22.5 Å². The van der Waals surface area contributed by atoms with Crippen LogP contribution in [0.4, 0.5) is 11.4 Å². The van der Waals surface area contributed by atoms with E-state index in [0.29, 0.717) is 11.3 Å². The third-order valence-corrected chi connectivity index (χ3v) is 5.86. The van der Waals surface area contributed by atoms with Crippen molar-refractivity contribution >= 4 is 35.0 Å². The zero-order chi connectivity index (χ0) is 19.5. The molecule has 1 heterocycles. The molecule has 0 spiro atoms. The molecule has 0 aliphatic carbocycles. The molecule has 28 heavy (non-hydrogen) atoms. The van der Waals surface area contributed by atoms with Gasteiger partial charge in [0.1, 0.15) is 5.37 Å². The van der Waals surface area contributed by atoms with Crippen LogP contribution in [0, 0.1) is 6.92 Å². The molecule has 0 radical (unpaired) electrons. The number of nitrogens with zero attached hydrogens (tertiary/aromatic N) is 1. The first-order valence-electron chi connectivity index (χ1n) is 9.08. The van der Waals surface area contributed by atoms with Crippen LogP contribution in [-0.4, -0.2) is 17.6 Å². The summed E-state index contributed by atoms with van der Waals surface area (Å²) in [7, 11) is 0. The van der Waals surface area contributed by atoms with E-state index in [2.05, 4.69) is 5.32 Å². The van der Waals surface area contributed by atoms with Crippen LogP contribution in [-0.2, 0) is 4.79 Å². The van der Waals surface area contributed by atoms with Crippen molar-refractivity contribution in [1.82, 2.24) is 0 Å². The summed E-state index contributed by atoms with van der Waals surface area (Å²) in [5, 5.41) is 2.84. The molecule has 3 aromatic carbocycles. The van der Waals surface area contributed by atoms with E-state index in [1.807, 2.05) is 78.6 Å². The molecule has 140 valence electrons. The van der Waals surface area contributed by atoms with Gasteiger partial charge in [-0.1, -0.05) is 48.0 Å². The smallest absolute Gasteiger partial charge is 0.255 e. The number of carbonyl (C=O) groups excluding carboxylic acids is 2. The number of amides is 2. The second-order valence-corrected chi connectivity index (χ2v) is 7.78. The third kappa shape index (κ3) is 3.80. The van der Waals surface area contributed by atoms with Gasteiger partial charge in [-0.15, -0.1) is 11.8 Å². The van der Waals surface area contributed by atoms with E-state index >= 15 is 0 Å². The number of carbonyl (C=O) groups is 2. The largest absolute Gasteiger partial charge is 0.322 e. The van der Waals surface area contributed by atoms with E-state index in [9.17, 15) is 9.59 Å². The highest BCUT2D eigenvalue weighted by Gasteiger charge is 2.34. The van der Waals surface area contributed by atoms with Crippen molar-refractivity contribution in [2.45, 2.75) is 12.3 Å². The average molecular weight is 388 g/mol. The molecule has 0 aromatic heterocycles. The number of aryl methyl sites for hydroxylation is 1. The van der Waals surface area contributed by atoms with Crippen LogP contribution < -0.4 is 10.2 Å². The lowest BCUT2D eigenvalue weighted by Crippen LogP contribution is -2.27. The van der Waals surface area contributed by atoms with Crippen molar-refractivity contribution in [2.75, 3.05) is 16.0 Å². The summed E-state index contributed by atoms with van der Waals surface area (Å²) in [6, 6.07) is 24.8. The van der Waals surface area contributed by atoms with Crippen LogP contribution in [0.3, 0.4) is 0 Å². The molecule has 1 atom stereocenters. The molecule has 0 unspecified atom stereocenters. The van der Waals surface area contributed by atoms with E-state index < -0.39 is 0 Å². The molecule has 3 aromatic rings. The number of thioether (sulfide) groups is 1. The third-order valence-electron chi connectivity index (χ3n) is 4.65. The fraction of sp³-hybridized carbons (Fsp3) is 0.130. The van der Waals surface area contributed by atoms with Gasteiger partial charge in [0, 0.05) is 16.9 Å². The average Bonchev–Trinajstić information content (AvgIpc) is 3.11. The number of anilines is 2. The Hall–Kier alpha value is -3.05. The van der Waals surface area contributed by atoms with Gasteiger partial charge in [0.15, 0.2) is 0 Å². The minimum atomic E-state index is -0.150. The highest BCUT2D eigenvalue weighted by molar-refractivity contribution is 8.00. The second-order valence-electron chi connectivity index (χ2n) is 6.71. The zero-order valence-electron chi connectivity index (χ0n) is 15.5. The maximum absolute atomic E-state index is 12.5. The lowest BCUT2D eigenvalue weighted by Gasteiger charge is -2.25. The summed E-state index contributed by atoms with van der Waals surface area (Å²) in [5.74, 6) is 0.389. The molecule has 1 fully saturated rings. The van der Waals surface area contributed by atoms with E-state index in [1.165, 1.54) is 0 Å². The highest BCUT2D eigenvalue weighted by Crippen LogP contribution is 2.42. The van der Waals surface area contributed by atoms with Crippen LogP contribution >= 0.6 is 11.8 Å². The number of hydrogen-bond donors (Lipinski definition) is 1. The SMILES string of the molecule is Cc1ccc(N2C(=O)CS[C@@H]2c2cccc(NC(=O)c3ccccc3)c2)cc1. The standard InChI is InChI=1S/C23H20N2O2S/c1-16-10-12-20(13-11-16)25-21(26)15-28-23(25)18-8-5-9-19(14-18)24-22(27)17-6-3-2-4-7-17/h2-14,23H,15H2,1H3,(H,24,27)/t23-/m1/s1. The fourth-order valence-corrected chi connectivity index (χ4v) is 4.38. The maximum Gasteiger partial charge on any atom is 0.255 e. The maximum atomic E-state index is 12.5. The molecular weight excluding hydrogens is 368 g/mol. The fourth-order valence-electron chi connectivity index (χ4n) is 3.22. The van der Waals surface area contributed by atoms with E-state index in [4.69, 9.17) is 0 Å². The molecule has 0 bridgehead atoms. The highest BCUT2D eigenvalue weighted by atomic mass is 32.2. The molecule has 4 nitrogen and oxygen atoms in total. The predicted octanol–water partition coefficient (Wildman–Crippen LogP) is 5.03. The topological polar surface area (TPSA) is 49.4 Å². The molecule has 1 N–H and O–H groups in total. The Morgan fingerprint density at radius 2 is 1.75 bits per heavy atom. The molecule has 2 amide bonds. The summed E-state index contributed by atoms with van der Waals surface area (Å²) in [4.78, 5) is 26.8. The number of benzene rings is 3. The van der Waals surface area contributed by atoms with Gasteiger partial charge in [0.2, 0.25) is 5.91 Å². The van der Waals surface area contributed by atoms with E-state index in [1.54, 1.807) is 23.9 Å². The molecular formula is C23H20N2O2S. The quantitative estimate of drug-likeness (QED) is 0.682. The molecule has 1 aliphatic rings. The summed E-state index contributed by atoms with van der Waals surface area (Å²) in [6.07, 6.45) is 0. The minimum absolute atomic E-state index is 0.0950. The van der Waals surface area contributed by atoms with Crippen LogP contribution in [0.1, 0.15) is 26.9 Å². The molecule has 1 aliphatic heterocycles. The van der Waals surface area contributed by atoms with Crippen LogP contribution in [0.5, 0.6) is 0 Å². The lowest BCUT2D eigenvalue weighted by atomic mass is 10.1. The molecule has 4 rings (SSSR count). The molecule has 1 saturated heterocycles. The van der Waals surface area contributed by atoms with Crippen molar-refractivity contribution in [1.29, 1.82) is 0 Å². The van der Waals surface area contributed by atoms with Crippen LogP contribution in [0.15, 0.2) is 78.9 Å². The van der Waals surface area contributed by atoms with Crippen molar-refractivity contribution in [3.63, 3.8) is 0 Å². The van der Waals surface area contributed by atoms with Gasteiger partial charge in [-0.05, 0) is 48.9 Å². The predicted molar refractivity (Wildman–Crippen MR) is 115 cm³/mol. The summed E-state index contributed by atoms with van der Waals surface area (Å²) in [6.45, 7) is 2.03. The van der Waals surface area contributed by atoms with Gasteiger partial charge < -0.3 is 5.32 Å². The van der Waals surface area contributed by atoms with Crippen molar-refractivity contribution in [2.24, 2.45) is 0 Å². The van der Waals surface area contributed by atoms with Crippen LogP contribution in [0.25, 0.3) is 0 Å². The number of rotatable bonds is 4. The first-order chi connectivity index (χ1) is 13.6. The van der Waals surface area contributed by atoms with Gasteiger partial charge >= 0.3 is 0 Å². The van der Waals surface area contributed by atoms with Gasteiger partial charge in [0.25, 0.3) is 5.91 Å². The van der Waals surface area contributed by atoms with Crippen molar-refractivity contribution in [3.8, 4) is 0 Å². The molecule has 5 heteroatoms. The summed E-state index contributed by atoms with van der Waals surface area (Å²) < 4.78 is 0. The van der Waals surface area contributed by atoms with Gasteiger partial charge in [-0.3, -0.25) is 14.5 Å². The molecule has 0 saturated carbocycles. The van der Waals surface area contributed by atoms with E-state index in [-0.39, 0.29) is 17.2 Å². The van der Waals surface area contributed by atoms with Crippen molar-refractivity contribution < 1.29 is 9.59 Å². The van der Waals surface area contributed by atoms with Crippen molar-refractivity contribution in [3.05, 3.63) is 95.6 Å². The lowest BCUT2D eigenvalue weighted by molar-refractivity contribution is -0.115. The first kappa shape index (κ1) is 18.3. The van der Waals surface area contributed by atoms with Crippen LogP contribution in [0.2, 0.25) is 0 Å². The minimum Gasteiger partial charge on any atom is -0.322 e. The Bertz CT molecular complexity index is 1000. The van der Waals surface area contributed by atoms with Gasteiger partial charge in [0.05, 0.1) is 5.75 Å². The summed E-state index contributed by atoms with van der Waals surface area (Å²) >= 11 is 1.60. The second kappa shape index (κ2) is 7.90. The number of hydrogen-bond acceptors (Lipinski definition) is 3. The Labute approximate surface area is 168 Å². The Balaban J connectivity index is 1.58. The van der Waals surface area contributed by atoms with Gasteiger partial charge in [-0.2, -0.15) is 0 Å². The van der Waals surface area contributed by atoms with Gasteiger partial charge in [-0.25, -0.2) is 0 Å². The first-order valence-corrected chi connectivity index (χ1v) is 10.1. The Morgan fingerprint density at radius 3 is 2.50 bits per heavy atom. The Kier molecular flexibility index (Phi) is 5.17.